The van der Waals surface area contributed by atoms with Gasteiger partial charge < -0.3 is 4.74 Å². The molecule has 2 aromatic carbocycles. The summed E-state index contributed by atoms with van der Waals surface area (Å²) in [4.78, 5) is 13.4. The van der Waals surface area contributed by atoms with Gasteiger partial charge in [0, 0.05) is 21.4 Å². The van der Waals surface area contributed by atoms with E-state index in [1.807, 2.05) is 42.5 Å². The van der Waals surface area contributed by atoms with E-state index in [-0.39, 0.29) is 6.61 Å². The molecule has 0 aliphatic carbocycles. The van der Waals surface area contributed by atoms with Crippen molar-refractivity contribution in [3.05, 3.63) is 72.8 Å². The third-order valence-electron chi connectivity index (χ3n) is 2.48. The maximum Gasteiger partial charge on any atom is 0.330 e. The first-order valence-corrected chi connectivity index (χ1v) is 6.71. The number of hydrogen-bond donors (Lipinski definition) is 0. The van der Waals surface area contributed by atoms with Crippen molar-refractivity contribution in [2.75, 3.05) is 0 Å². The van der Waals surface area contributed by atoms with E-state index in [1.54, 1.807) is 11.8 Å². The number of carbonyl (C=O) groups excluding carboxylic acids is 1. The number of esters is 1. The molecule has 0 radical (unpaired) electrons. The summed E-state index contributed by atoms with van der Waals surface area (Å²) in [6.45, 7) is 3.65. The number of ether oxygens (including phenoxy) is 1. The standard InChI is InChI=1S/C16H14O2S/c1-2-16(17)18-12-13-8-6-7-11-15(13)19-14-9-4-3-5-10-14/h2-11H,1,12H2. The van der Waals surface area contributed by atoms with Gasteiger partial charge in [-0.05, 0) is 18.2 Å². The Morgan fingerprint density at radius 1 is 1.11 bits per heavy atom. The van der Waals surface area contributed by atoms with Crippen LogP contribution in [0, 0.1) is 0 Å². The average Bonchev–Trinajstić information content (AvgIpc) is 2.47. The smallest absolute Gasteiger partial charge is 0.330 e. The van der Waals surface area contributed by atoms with Gasteiger partial charge >= 0.3 is 5.97 Å². The Morgan fingerprint density at radius 2 is 1.79 bits per heavy atom. The Bertz CT molecular complexity index is 564. The van der Waals surface area contributed by atoms with Crippen molar-refractivity contribution in [1.82, 2.24) is 0 Å². The molecule has 0 unspecified atom stereocenters. The van der Waals surface area contributed by atoms with Gasteiger partial charge in [0.15, 0.2) is 0 Å². The topological polar surface area (TPSA) is 26.3 Å². The van der Waals surface area contributed by atoms with Crippen LogP contribution in [0.3, 0.4) is 0 Å². The van der Waals surface area contributed by atoms with E-state index in [4.69, 9.17) is 4.74 Å². The van der Waals surface area contributed by atoms with E-state index in [2.05, 4.69) is 18.7 Å². The highest BCUT2D eigenvalue weighted by Crippen LogP contribution is 2.30. The van der Waals surface area contributed by atoms with Gasteiger partial charge in [0.2, 0.25) is 0 Å². The fraction of sp³-hybridized carbons (Fsp3) is 0.0625. The predicted octanol–water partition coefficient (Wildman–Crippen LogP) is 4.07. The van der Waals surface area contributed by atoms with E-state index < -0.39 is 5.97 Å². The molecule has 2 rings (SSSR count). The van der Waals surface area contributed by atoms with Crippen LogP contribution in [0.2, 0.25) is 0 Å². The molecule has 0 spiro atoms. The summed E-state index contributed by atoms with van der Waals surface area (Å²) in [5, 5.41) is 0. The first kappa shape index (κ1) is 13.4. The van der Waals surface area contributed by atoms with Gasteiger partial charge in [-0.15, -0.1) is 0 Å². The number of carbonyl (C=O) groups is 1. The Labute approximate surface area is 117 Å². The van der Waals surface area contributed by atoms with Crippen molar-refractivity contribution in [2.45, 2.75) is 16.4 Å². The number of rotatable bonds is 5. The van der Waals surface area contributed by atoms with Crippen LogP contribution >= 0.6 is 11.8 Å². The molecule has 0 aliphatic rings. The molecule has 0 aromatic heterocycles. The van der Waals surface area contributed by atoms with Crippen molar-refractivity contribution in [1.29, 1.82) is 0 Å². The van der Waals surface area contributed by atoms with Gasteiger partial charge in [0.25, 0.3) is 0 Å². The number of hydrogen-bond acceptors (Lipinski definition) is 3. The second-order valence-corrected chi connectivity index (χ2v) is 4.95. The zero-order valence-corrected chi connectivity index (χ0v) is 11.2. The first-order chi connectivity index (χ1) is 9.29. The lowest BCUT2D eigenvalue weighted by atomic mass is 10.2. The van der Waals surface area contributed by atoms with Crippen LogP contribution in [-0.2, 0) is 16.1 Å². The van der Waals surface area contributed by atoms with Crippen LogP contribution in [0.15, 0.2) is 77.0 Å². The molecule has 0 atom stereocenters. The van der Waals surface area contributed by atoms with Gasteiger partial charge in [-0.3, -0.25) is 0 Å². The van der Waals surface area contributed by atoms with Crippen LogP contribution in [0.1, 0.15) is 5.56 Å². The Kier molecular flexibility index (Phi) is 4.81. The SMILES string of the molecule is C=CC(=O)OCc1ccccc1Sc1ccccc1. The molecular weight excluding hydrogens is 256 g/mol. The quantitative estimate of drug-likeness (QED) is 0.605. The van der Waals surface area contributed by atoms with Crippen LogP contribution in [0.25, 0.3) is 0 Å². The molecule has 2 nitrogen and oxygen atoms in total. The van der Waals surface area contributed by atoms with Gasteiger partial charge in [0.1, 0.15) is 6.61 Å². The Balaban J connectivity index is 2.12. The lowest BCUT2D eigenvalue weighted by Gasteiger charge is -2.09. The molecule has 0 N–H and O–H groups in total. The highest BCUT2D eigenvalue weighted by atomic mass is 32.2. The minimum atomic E-state index is -0.403. The van der Waals surface area contributed by atoms with E-state index in [1.165, 1.54) is 6.08 Å². The van der Waals surface area contributed by atoms with Gasteiger partial charge in [-0.2, -0.15) is 0 Å². The molecule has 2 aromatic rings. The fourth-order valence-corrected chi connectivity index (χ4v) is 2.50. The summed E-state index contributed by atoms with van der Waals surface area (Å²) in [6.07, 6.45) is 1.17. The van der Waals surface area contributed by atoms with Crippen LogP contribution in [-0.4, -0.2) is 5.97 Å². The van der Waals surface area contributed by atoms with Crippen molar-refractivity contribution in [2.24, 2.45) is 0 Å². The van der Waals surface area contributed by atoms with E-state index >= 15 is 0 Å². The third-order valence-corrected chi connectivity index (χ3v) is 3.61. The minimum absolute atomic E-state index is 0.265. The summed E-state index contributed by atoms with van der Waals surface area (Å²) in [7, 11) is 0. The molecule has 0 heterocycles. The van der Waals surface area contributed by atoms with Crippen molar-refractivity contribution >= 4 is 17.7 Å². The maximum atomic E-state index is 11.1. The highest BCUT2D eigenvalue weighted by molar-refractivity contribution is 7.99. The zero-order chi connectivity index (χ0) is 13.5. The molecule has 0 fully saturated rings. The second-order valence-electron chi connectivity index (χ2n) is 3.83. The molecular formula is C16H14O2S. The molecule has 0 saturated carbocycles. The van der Waals surface area contributed by atoms with Crippen molar-refractivity contribution in [3.8, 4) is 0 Å². The summed E-state index contributed by atoms with van der Waals surface area (Å²) in [6, 6.07) is 18.0. The Hall–Kier alpha value is -2.00. The highest BCUT2D eigenvalue weighted by Gasteiger charge is 2.05. The summed E-state index contributed by atoms with van der Waals surface area (Å²) >= 11 is 1.66. The summed E-state index contributed by atoms with van der Waals surface area (Å²) in [5.41, 5.74) is 0.992. The third kappa shape index (κ3) is 4.00. The van der Waals surface area contributed by atoms with Gasteiger partial charge in [-0.25, -0.2) is 4.79 Å². The molecule has 19 heavy (non-hydrogen) atoms. The zero-order valence-electron chi connectivity index (χ0n) is 10.4. The van der Waals surface area contributed by atoms with E-state index in [0.29, 0.717) is 0 Å². The fourth-order valence-electron chi connectivity index (χ4n) is 1.55. The Morgan fingerprint density at radius 3 is 2.53 bits per heavy atom. The van der Waals surface area contributed by atoms with Gasteiger partial charge in [0.05, 0.1) is 0 Å². The van der Waals surface area contributed by atoms with E-state index in [0.717, 1.165) is 15.4 Å². The van der Waals surface area contributed by atoms with Crippen molar-refractivity contribution in [3.63, 3.8) is 0 Å². The monoisotopic (exact) mass is 270 g/mol. The maximum absolute atomic E-state index is 11.1. The summed E-state index contributed by atoms with van der Waals surface area (Å²) in [5.74, 6) is -0.403. The lowest BCUT2D eigenvalue weighted by Crippen LogP contribution is -2.01. The van der Waals surface area contributed by atoms with Crippen LogP contribution < -0.4 is 0 Å². The van der Waals surface area contributed by atoms with E-state index in [9.17, 15) is 4.79 Å². The van der Waals surface area contributed by atoms with Crippen LogP contribution in [0.4, 0.5) is 0 Å². The predicted molar refractivity (Wildman–Crippen MR) is 77.0 cm³/mol. The summed E-state index contributed by atoms with van der Waals surface area (Å²) < 4.78 is 5.09. The molecule has 0 bridgehead atoms. The molecule has 96 valence electrons. The minimum Gasteiger partial charge on any atom is -0.458 e. The molecule has 0 aliphatic heterocycles. The molecule has 0 amide bonds. The molecule has 3 heteroatoms. The normalized spacial score (nSPS) is 9.89. The lowest BCUT2D eigenvalue weighted by molar-refractivity contribution is -0.139. The molecule has 0 saturated heterocycles. The first-order valence-electron chi connectivity index (χ1n) is 5.89. The number of benzene rings is 2. The largest absolute Gasteiger partial charge is 0.458 e. The van der Waals surface area contributed by atoms with Crippen molar-refractivity contribution < 1.29 is 9.53 Å². The van der Waals surface area contributed by atoms with Gasteiger partial charge in [-0.1, -0.05) is 54.7 Å². The van der Waals surface area contributed by atoms with Crippen LogP contribution in [0.5, 0.6) is 0 Å². The second kappa shape index (κ2) is 6.81. The average molecular weight is 270 g/mol.